The van der Waals surface area contributed by atoms with E-state index in [4.69, 9.17) is 28.4 Å². The lowest BCUT2D eigenvalue weighted by Crippen LogP contribution is -2.31. The van der Waals surface area contributed by atoms with Crippen molar-refractivity contribution in [3.63, 3.8) is 0 Å². The molecule has 4 aliphatic carbocycles. The summed E-state index contributed by atoms with van der Waals surface area (Å²) in [6, 6.07) is 0. The standard InChI is InChI=1S/C54H92BNO12/c55-56(37-17-35-53(61)67-47(39-63-49(57)31-13-27-43-19-5-1-6-20-43)40-64-50(58)32-14-28-44-21-7-2-8-22-44)38-18-36-54(62)68-48(41-65-51(59)33-15-29-45-23-9-3-10-24-45)42-66-52(60)34-16-30-46-25-11-4-12-26-46/h43-48H,1-42,55H2. The first kappa shape index (κ1) is 57.4. The van der Waals surface area contributed by atoms with E-state index in [2.05, 4.69) is 0 Å². The van der Waals surface area contributed by atoms with Gasteiger partial charge in [-0.05, 0) is 101 Å². The average molecular weight is 958 g/mol. The van der Waals surface area contributed by atoms with Crippen molar-refractivity contribution in [3.05, 3.63) is 0 Å². The van der Waals surface area contributed by atoms with Crippen LogP contribution in [0.5, 0.6) is 0 Å². The first-order chi connectivity index (χ1) is 33.1. The molecule has 388 valence electrons. The highest BCUT2D eigenvalue weighted by Crippen LogP contribution is 2.30. The van der Waals surface area contributed by atoms with E-state index in [1.54, 1.807) is 0 Å². The molecule has 0 aliphatic heterocycles. The second-order valence-electron chi connectivity index (χ2n) is 21.1. The number of esters is 6. The van der Waals surface area contributed by atoms with Gasteiger partial charge in [0, 0.05) is 38.5 Å². The van der Waals surface area contributed by atoms with Gasteiger partial charge in [0.2, 0.25) is 0 Å². The molecule has 0 aromatic heterocycles. The molecule has 13 nitrogen and oxygen atoms in total. The van der Waals surface area contributed by atoms with Crippen LogP contribution in [-0.2, 0) is 57.2 Å². The Morgan fingerprint density at radius 2 is 0.588 bits per heavy atom. The van der Waals surface area contributed by atoms with E-state index < -0.39 is 24.1 Å². The van der Waals surface area contributed by atoms with E-state index >= 15 is 0 Å². The average Bonchev–Trinajstić information content (AvgIpc) is 3.34. The summed E-state index contributed by atoms with van der Waals surface area (Å²) in [5.41, 5.74) is 0. The van der Waals surface area contributed by atoms with Crippen molar-refractivity contribution in [2.45, 2.75) is 243 Å². The smallest absolute Gasteiger partial charge is 0.306 e. The Hall–Kier alpha value is -3.16. The summed E-state index contributed by atoms with van der Waals surface area (Å²) in [6.07, 6.45) is 33.0. The van der Waals surface area contributed by atoms with Gasteiger partial charge in [-0.2, -0.15) is 0 Å². The van der Waals surface area contributed by atoms with Crippen LogP contribution in [0.3, 0.4) is 0 Å². The summed E-state index contributed by atoms with van der Waals surface area (Å²) in [7, 11) is 1.91. The highest BCUT2D eigenvalue weighted by atomic mass is 16.6. The molecule has 0 aromatic rings. The first-order valence-electron chi connectivity index (χ1n) is 27.8. The van der Waals surface area contributed by atoms with Gasteiger partial charge < -0.3 is 33.2 Å². The lowest BCUT2D eigenvalue weighted by molar-refractivity contribution is -0.167. The predicted molar refractivity (Wildman–Crippen MR) is 264 cm³/mol. The molecule has 0 unspecified atom stereocenters. The molecule has 4 rings (SSSR count). The zero-order valence-corrected chi connectivity index (χ0v) is 42.5. The third kappa shape index (κ3) is 27.9. The van der Waals surface area contributed by atoms with E-state index in [1.165, 1.54) is 128 Å². The molecular formula is C54H92BNO12. The fourth-order valence-corrected chi connectivity index (χ4v) is 10.9. The summed E-state index contributed by atoms with van der Waals surface area (Å²) in [6.45, 7) is 0.489. The number of ether oxygens (including phenoxy) is 6. The largest absolute Gasteiger partial charge is 0.462 e. The Morgan fingerprint density at radius 3 is 0.838 bits per heavy atom. The van der Waals surface area contributed by atoms with E-state index in [1.807, 2.05) is 12.8 Å². The maximum Gasteiger partial charge on any atom is 0.306 e. The molecule has 0 bridgehead atoms. The molecular weight excluding hydrogens is 865 g/mol. The van der Waals surface area contributed by atoms with Gasteiger partial charge in [0.25, 0.3) is 0 Å². The Bertz CT molecular complexity index is 1240. The highest BCUT2D eigenvalue weighted by Gasteiger charge is 2.24. The van der Waals surface area contributed by atoms with Crippen LogP contribution in [0.4, 0.5) is 0 Å². The Balaban J connectivity index is 1.13. The van der Waals surface area contributed by atoms with Gasteiger partial charge in [0.05, 0.1) is 0 Å². The fraction of sp³-hybridized carbons (Fsp3) is 0.889. The molecule has 0 atom stereocenters. The Labute approximate surface area is 411 Å². The molecule has 4 saturated carbocycles. The van der Waals surface area contributed by atoms with Crippen LogP contribution in [0.1, 0.15) is 231 Å². The molecule has 14 heteroatoms. The van der Waals surface area contributed by atoms with Gasteiger partial charge in [-0.15, -0.1) is 0 Å². The van der Waals surface area contributed by atoms with Crippen LogP contribution < -0.4 is 0 Å². The third-order valence-electron chi connectivity index (χ3n) is 15.0. The van der Waals surface area contributed by atoms with Crippen LogP contribution in [0.15, 0.2) is 0 Å². The number of carbonyl (C=O) groups excluding carboxylic acids is 6. The lowest BCUT2D eigenvalue weighted by atomic mass is 9.86. The molecule has 0 N–H and O–H groups in total. The van der Waals surface area contributed by atoms with Gasteiger partial charge in [-0.3, -0.25) is 28.8 Å². The summed E-state index contributed by atoms with van der Waals surface area (Å²) < 4.78 is 33.5. The van der Waals surface area contributed by atoms with E-state index in [0.717, 1.165) is 51.4 Å². The van der Waals surface area contributed by atoms with Gasteiger partial charge >= 0.3 is 35.8 Å². The number of nitrogens with zero attached hydrogens (tertiary/aromatic N) is 1. The summed E-state index contributed by atoms with van der Waals surface area (Å²) in [5, 5.41) is 0. The molecule has 0 heterocycles. The molecule has 4 aliphatic rings. The third-order valence-corrected chi connectivity index (χ3v) is 15.0. The second kappa shape index (κ2) is 35.9. The van der Waals surface area contributed by atoms with Crippen molar-refractivity contribution in [1.82, 2.24) is 4.81 Å². The lowest BCUT2D eigenvalue weighted by Gasteiger charge is -2.22. The molecule has 68 heavy (non-hydrogen) atoms. The number of carbonyl (C=O) groups is 6. The zero-order valence-electron chi connectivity index (χ0n) is 42.5. The second-order valence-corrected chi connectivity index (χ2v) is 21.1. The van der Waals surface area contributed by atoms with Gasteiger partial charge in [0.15, 0.2) is 20.2 Å². The van der Waals surface area contributed by atoms with Crippen molar-refractivity contribution in [2.24, 2.45) is 23.7 Å². The molecule has 0 saturated heterocycles. The molecule has 0 spiro atoms. The maximum atomic E-state index is 13.0. The van der Waals surface area contributed by atoms with Crippen LogP contribution in [0, 0.1) is 23.7 Å². The van der Waals surface area contributed by atoms with Crippen LogP contribution in [0.2, 0.25) is 0 Å². The summed E-state index contributed by atoms with van der Waals surface area (Å²) in [4.78, 5) is 78.6. The molecule has 0 aromatic carbocycles. The fourth-order valence-electron chi connectivity index (χ4n) is 10.9. The van der Waals surface area contributed by atoms with Crippen molar-refractivity contribution in [1.29, 1.82) is 0 Å². The minimum absolute atomic E-state index is 0.119. The van der Waals surface area contributed by atoms with Gasteiger partial charge in [0.1, 0.15) is 26.4 Å². The topological polar surface area (TPSA) is 161 Å². The van der Waals surface area contributed by atoms with Crippen LogP contribution >= 0.6 is 0 Å². The maximum absolute atomic E-state index is 13.0. The summed E-state index contributed by atoms with van der Waals surface area (Å²) >= 11 is 0. The predicted octanol–water partition coefficient (Wildman–Crippen LogP) is 10.4. The number of hydrogen-bond acceptors (Lipinski definition) is 13. The van der Waals surface area contributed by atoms with Crippen LogP contribution in [-0.4, -0.2) is 100 Å². The quantitative estimate of drug-likeness (QED) is 0.0341. The minimum Gasteiger partial charge on any atom is -0.462 e. The number of hydrogen-bond donors (Lipinski definition) is 0. The normalized spacial score (nSPS) is 17.8. The van der Waals surface area contributed by atoms with Gasteiger partial charge in [-0.1, -0.05) is 128 Å². The van der Waals surface area contributed by atoms with E-state index in [0.29, 0.717) is 75.3 Å². The Kier molecular flexibility index (Phi) is 30.3. The first-order valence-corrected chi connectivity index (χ1v) is 27.8. The van der Waals surface area contributed by atoms with Crippen molar-refractivity contribution >= 4 is 43.8 Å². The SMILES string of the molecule is BN(CCCC(=O)OC(COC(=O)CCCC1CCCCC1)COC(=O)CCCC1CCCCC1)CCCC(=O)OC(COC(=O)CCCC1CCCCC1)COC(=O)CCCC1CCCCC1. The highest BCUT2D eigenvalue weighted by molar-refractivity contribution is 6.04. The van der Waals surface area contributed by atoms with Crippen molar-refractivity contribution in [2.75, 3.05) is 39.5 Å². The van der Waals surface area contributed by atoms with Crippen molar-refractivity contribution in [3.8, 4) is 0 Å². The van der Waals surface area contributed by atoms with E-state index in [-0.39, 0.29) is 63.1 Å². The molecule has 0 radical (unpaired) electrons. The number of rotatable bonds is 34. The summed E-state index contributed by atoms with van der Waals surface area (Å²) in [5.74, 6) is 0.457. The minimum atomic E-state index is -0.885. The van der Waals surface area contributed by atoms with E-state index in [9.17, 15) is 28.8 Å². The zero-order chi connectivity index (χ0) is 48.4. The van der Waals surface area contributed by atoms with Crippen molar-refractivity contribution < 1.29 is 57.2 Å². The van der Waals surface area contributed by atoms with Crippen LogP contribution in [0.25, 0.3) is 0 Å². The molecule has 0 amide bonds. The monoisotopic (exact) mass is 958 g/mol. The Morgan fingerprint density at radius 1 is 0.353 bits per heavy atom. The molecule has 4 fully saturated rings. The van der Waals surface area contributed by atoms with Gasteiger partial charge in [-0.25, -0.2) is 0 Å².